The monoisotopic (exact) mass is 269 g/mol. The molecule has 0 aromatic rings. The zero-order chi connectivity index (χ0) is 13.8. The van der Waals surface area contributed by atoms with E-state index in [2.05, 4.69) is 12.2 Å². The highest BCUT2D eigenvalue weighted by Gasteiger charge is 2.26. The van der Waals surface area contributed by atoms with Crippen molar-refractivity contribution in [2.24, 2.45) is 5.92 Å². The number of carbonyl (C=O) groups is 2. The molecule has 2 N–H and O–H groups in total. The molecule has 1 aliphatic carbocycles. The van der Waals surface area contributed by atoms with Gasteiger partial charge in [-0.25, -0.2) is 4.79 Å². The zero-order valence-electron chi connectivity index (χ0n) is 11.5. The van der Waals surface area contributed by atoms with Crippen LogP contribution in [0.1, 0.15) is 26.2 Å². The van der Waals surface area contributed by atoms with Gasteiger partial charge in [-0.2, -0.15) is 0 Å². The number of rotatable bonds is 5. The Bertz CT molecular complexity index is 336. The summed E-state index contributed by atoms with van der Waals surface area (Å²) in [5.74, 6) is -0.00123. The number of carbonyl (C=O) groups excluding carboxylic acids is 1. The first-order chi connectivity index (χ1) is 9.04. The third-order valence-electron chi connectivity index (χ3n) is 3.77. The topological polar surface area (TPSA) is 72.9 Å². The highest BCUT2D eigenvalue weighted by Crippen LogP contribution is 2.33. The van der Waals surface area contributed by atoms with Gasteiger partial charge < -0.3 is 15.3 Å². The van der Waals surface area contributed by atoms with E-state index in [1.54, 1.807) is 4.90 Å². The van der Waals surface area contributed by atoms with Gasteiger partial charge in [0.25, 0.3) is 0 Å². The molecule has 0 bridgehead atoms. The van der Waals surface area contributed by atoms with Crippen LogP contribution in [0.4, 0.5) is 4.79 Å². The van der Waals surface area contributed by atoms with E-state index in [-0.39, 0.29) is 18.6 Å². The minimum Gasteiger partial charge on any atom is -0.480 e. The van der Waals surface area contributed by atoms with Crippen LogP contribution in [-0.2, 0) is 4.79 Å². The number of nitrogens with zero attached hydrogens (tertiary/aromatic N) is 2. The van der Waals surface area contributed by atoms with E-state index in [0.29, 0.717) is 26.2 Å². The number of carboxylic acid groups (broad SMARTS) is 1. The lowest BCUT2D eigenvalue weighted by Crippen LogP contribution is -2.53. The molecule has 1 saturated carbocycles. The van der Waals surface area contributed by atoms with Crippen molar-refractivity contribution in [1.29, 1.82) is 0 Å². The fourth-order valence-electron chi connectivity index (χ4n) is 2.51. The van der Waals surface area contributed by atoms with Crippen molar-refractivity contribution in [3.05, 3.63) is 0 Å². The predicted molar refractivity (Wildman–Crippen MR) is 71.0 cm³/mol. The molecule has 2 fully saturated rings. The van der Waals surface area contributed by atoms with Crippen molar-refractivity contribution in [3.8, 4) is 0 Å². The lowest BCUT2D eigenvalue weighted by Gasteiger charge is -2.34. The normalized spacial score (nSPS) is 22.1. The highest BCUT2D eigenvalue weighted by molar-refractivity contribution is 5.74. The Morgan fingerprint density at radius 3 is 2.42 bits per heavy atom. The first-order valence-electron chi connectivity index (χ1n) is 7.04. The molecular formula is C13H23N3O3. The fraction of sp³-hybridized carbons (Fsp3) is 0.846. The number of aliphatic carboxylic acids is 1. The number of hydrogen-bond donors (Lipinski definition) is 2. The molecular weight excluding hydrogens is 246 g/mol. The summed E-state index contributed by atoms with van der Waals surface area (Å²) >= 11 is 0. The molecule has 0 aromatic carbocycles. The van der Waals surface area contributed by atoms with Crippen LogP contribution in [0.15, 0.2) is 0 Å². The summed E-state index contributed by atoms with van der Waals surface area (Å²) in [5, 5.41) is 11.7. The second-order valence-electron chi connectivity index (χ2n) is 5.69. The van der Waals surface area contributed by atoms with E-state index in [9.17, 15) is 9.59 Å². The molecule has 0 aromatic heterocycles. The van der Waals surface area contributed by atoms with Gasteiger partial charge in [0.2, 0.25) is 0 Å². The van der Waals surface area contributed by atoms with Gasteiger partial charge in [-0.15, -0.1) is 0 Å². The highest BCUT2D eigenvalue weighted by atomic mass is 16.4. The number of nitrogens with one attached hydrogen (secondary N) is 1. The first-order valence-corrected chi connectivity index (χ1v) is 7.04. The summed E-state index contributed by atoms with van der Waals surface area (Å²) < 4.78 is 0. The molecule has 19 heavy (non-hydrogen) atoms. The maximum atomic E-state index is 12.0. The third-order valence-corrected chi connectivity index (χ3v) is 3.77. The van der Waals surface area contributed by atoms with Crippen molar-refractivity contribution in [1.82, 2.24) is 15.1 Å². The number of carboxylic acids is 1. The molecule has 2 aliphatic rings. The van der Waals surface area contributed by atoms with Crippen molar-refractivity contribution >= 4 is 12.0 Å². The fourth-order valence-corrected chi connectivity index (χ4v) is 2.51. The third kappa shape index (κ3) is 4.70. The van der Waals surface area contributed by atoms with E-state index >= 15 is 0 Å². The lowest BCUT2D eigenvalue weighted by molar-refractivity contribution is -0.138. The average molecular weight is 269 g/mol. The Kier molecular flexibility index (Phi) is 4.63. The predicted octanol–water partition coefficient (Wildman–Crippen LogP) is 0.587. The summed E-state index contributed by atoms with van der Waals surface area (Å²) in [6, 6.07) is 0.222. The van der Waals surface area contributed by atoms with Gasteiger partial charge in [0.15, 0.2) is 0 Å². The van der Waals surface area contributed by atoms with E-state index in [0.717, 1.165) is 12.3 Å². The Hall–Kier alpha value is -1.30. The van der Waals surface area contributed by atoms with E-state index in [1.807, 2.05) is 4.90 Å². The zero-order valence-corrected chi connectivity index (χ0v) is 11.5. The molecule has 108 valence electrons. The van der Waals surface area contributed by atoms with Crippen LogP contribution in [0.25, 0.3) is 0 Å². The van der Waals surface area contributed by atoms with Gasteiger partial charge in [0.05, 0.1) is 6.54 Å². The smallest absolute Gasteiger partial charge is 0.317 e. The molecule has 1 heterocycles. The van der Waals surface area contributed by atoms with Gasteiger partial charge >= 0.3 is 12.0 Å². The Labute approximate surface area is 113 Å². The summed E-state index contributed by atoms with van der Waals surface area (Å²) in [7, 11) is 0. The van der Waals surface area contributed by atoms with Gasteiger partial charge in [-0.1, -0.05) is 12.8 Å². The van der Waals surface area contributed by atoms with Gasteiger partial charge in [0, 0.05) is 32.2 Å². The second-order valence-corrected chi connectivity index (χ2v) is 5.69. The molecule has 0 radical (unpaired) electrons. The van der Waals surface area contributed by atoms with Crippen molar-refractivity contribution < 1.29 is 14.7 Å². The molecule has 1 unspecified atom stereocenters. The molecule has 1 aliphatic heterocycles. The van der Waals surface area contributed by atoms with Crippen LogP contribution in [0.2, 0.25) is 0 Å². The first kappa shape index (κ1) is 14.1. The van der Waals surface area contributed by atoms with Crippen molar-refractivity contribution in [3.63, 3.8) is 0 Å². The van der Waals surface area contributed by atoms with Crippen molar-refractivity contribution in [2.75, 3.05) is 32.7 Å². The lowest BCUT2D eigenvalue weighted by atomic mass is 10.2. The number of urea groups is 1. The maximum Gasteiger partial charge on any atom is 0.317 e. The van der Waals surface area contributed by atoms with Crippen LogP contribution < -0.4 is 5.32 Å². The Morgan fingerprint density at radius 1 is 1.26 bits per heavy atom. The second kappa shape index (κ2) is 6.23. The molecule has 2 rings (SSSR count). The summed E-state index contributed by atoms with van der Waals surface area (Å²) in [4.78, 5) is 26.3. The van der Waals surface area contributed by atoms with Crippen LogP contribution in [0, 0.1) is 5.92 Å². The minimum atomic E-state index is -0.809. The summed E-state index contributed by atoms with van der Waals surface area (Å²) in [5.41, 5.74) is 0. The number of amides is 2. The molecule has 6 nitrogen and oxygen atoms in total. The molecule has 0 spiro atoms. The quantitative estimate of drug-likeness (QED) is 0.766. The number of hydrogen-bond acceptors (Lipinski definition) is 3. The van der Waals surface area contributed by atoms with E-state index < -0.39 is 5.97 Å². The van der Waals surface area contributed by atoms with Crippen LogP contribution in [-0.4, -0.2) is 65.7 Å². The Balaban J connectivity index is 1.67. The van der Waals surface area contributed by atoms with Gasteiger partial charge in [-0.05, 0) is 19.3 Å². The molecule has 2 amide bonds. The molecule has 1 saturated heterocycles. The number of piperazine rings is 1. The van der Waals surface area contributed by atoms with Crippen LogP contribution in [0.5, 0.6) is 0 Å². The van der Waals surface area contributed by atoms with E-state index in [1.165, 1.54) is 12.8 Å². The maximum absolute atomic E-state index is 12.0. The largest absolute Gasteiger partial charge is 0.480 e. The van der Waals surface area contributed by atoms with Crippen LogP contribution in [0.3, 0.4) is 0 Å². The minimum absolute atomic E-state index is 0.0110. The Morgan fingerprint density at radius 2 is 1.89 bits per heavy atom. The molecule has 6 heteroatoms. The molecule has 1 atom stereocenters. The SMILES string of the molecule is CC(CC1CC1)NC(=O)N1CCN(CC(=O)O)CC1. The van der Waals surface area contributed by atoms with E-state index in [4.69, 9.17) is 5.11 Å². The average Bonchev–Trinajstić information content (AvgIpc) is 3.12. The van der Waals surface area contributed by atoms with Crippen molar-refractivity contribution in [2.45, 2.75) is 32.2 Å². The summed E-state index contributed by atoms with van der Waals surface area (Å²) in [6.07, 6.45) is 3.67. The van der Waals surface area contributed by atoms with Crippen LogP contribution >= 0.6 is 0 Å². The summed E-state index contributed by atoms with van der Waals surface area (Å²) in [6.45, 7) is 4.60. The standard InChI is InChI=1S/C13H23N3O3/c1-10(8-11-2-3-11)14-13(19)16-6-4-15(5-7-16)9-12(17)18/h10-11H,2-9H2,1H3,(H,14,19)(H,17,18). The van der Waals surface area contributed by atoms with Gasteiger partial charge in [0.1, 0.15) is 0 Å². The van der Waals surface area contributed by atoms with Gasteiger partial charge in [-0.3, -0.25) is 9.69 Å².